The molecule has 0 aliphatic rings. The molecule has 9 nitrogen and oxygen atoms in total. The largest absolute Gasteiger partial charge is 0.425 e. The highest BCUT2D eigenvalue weighted by Gasteiger charge is 2.27. The van der Waals surface area contributed by atoms with Gasteiger partial charge in [-0.25, -0.2) is 14.7 Å². The van der Waals surface area contributed by atoms with Crippen molar-refractivity contribution in [2.45, 2.75) is 20.0 Å². The van der Waals surface area contributed by atoms with Crippen molar-refractivity contribution < 1.29 is 14.3 Å². The van der Waals surface area contributed by atoms with E-state index in [1.807, 2.05) is 114 Å². The summed E-state index contributed by atoms with van der Waals surface area (Å²) in [5.41, 5.74) is 3.67. The summed E-state index contributed by atoms with van der Waals surface area (Å²) in [7, 11) is 0. The third kappa shape index (κ3) is 7.04. The van der Waals surface area contributed by atoms with Crippen molar-refractivity contribution in [3.8, 4) is 5.88 Å². The van der Waals surface area contributed by atoms with Crippen LogP contribution in [0, 0.1) is 0 Å². The molecule has 2 aromatic heterocycles. The number of imidazole rings is 1. The second-order valence-electron chi connectivity index (χ2n) is 10.2. The summed E-state index contributed by atoms with van der Waals surface area (Å²) < 4.78 is 10.2. The lowest BCUT2D eigenvalue weighted by atomic mass is 10.2. The van der Waals surface area contributed by atoms with Gasteiger partial charge in [0.25, 0.3) is 5.88 Å². The maximum absolute atomic E-state index is 14.0. The Kier molecular flexibility index (Phi) is 9.57. The van der Waals surface area contributed by atoms with E-state index < -0.39 is 6.09 Å². The average molecular weight is 805 g/mol. The van der Waals surface area contributed by atoms with E-state index in [-0.39, 0.29) is 29.8 Å². The highest BCUT2D eigenvalue weighted by atomic mass is 79.9. The first kappa shape index (κ1) is 31.6. The molecule has 0 fully saturated rings. The lowest BCUT2D eigenvalue weighted by Crippen LogP contribution is -2.31. The van der Waals surface area contributed by atoms with Gasteiger partial charge in [-0.05, 0) is 75.6 Å². The molecule has 0 unspecified atom stereocenters. The lowest BCUT2D eigenvalue weighted by Gasteiger charge is -2.23. The number of para-hydroxylation sites is 2. The average Bonchev–Trinajstić information content (AvgIpc) is 3.35. The Morgan fingerprint density at radius 1 is 0.739 bits per heavy atom. The molecule has 6 rings (SSSR count). The molecule has 0 atom stereocenters. The zero-order chi connectivity index (χ0) is 32.2. The molecule has 0 bridgehead atoms. The van der Waals surface area contributed by atoms with Crippen molar-refractivity contribution in [1.82, 2.24) is 19.5 Å². The lowest BCUT2D eigenvalue weighted by molar-refractivity contribution is -0.116. The van der Waals surface area contributed by atoms with Crippen LogP contribution in [0.3, 0.4) is 0 Å². The van der Waals surface area contributed by atoms with Gasteiger partial charge in [0, 0.05) is 15.9 Å². The van der Waals surface area contributed by atoms with Gasteiger partial charge in [-0.1, -0.05) is 92.5 Å². The van der Waals surface area contributed by atoms with Crippen molar-refractivity contribution in [3.63, 3.8) is 0 Å². The topological polar surface area (TPSA) is 93.5 Å². The Morgan fingerprint density at radius 3 is 1.91 bits per heavy atom. The monoisotopic (exact) mass is 802 g/mol. The maximum atomic E-state index is 14.0. The molecule has 0 saturated carbocycles. The van der Waals surface area contributed by atoms with E-state index in [0.717, 1.165) is 20.1 Å². The van der Waals surface area contributed by atoms with Gasteiger partial charge in [0.2, 0.25) is 11.9 Å². The van der Waals surface area contributed by atoms with Crippen LogP contribution in [-0.4, -0.2) is 31.5 Å². The zero-order valence-electron chi connectivity index (χ0n) is 24.3. The SMILES string of the molecule is CC(=O)N(Cc1cccc(Br)c1)c1nc(OC(=O)N(c2ccccc2)c2ccccc2)c2nc(Br)n(Cc3cccc(Br)c3)c2n1. The Balaban J connectivity index is 1.48. The number of benzene rings is 4. The molecule has 230 valence electrons. The Morgan fingerprint density at radius 2 is 1.33 bits per heavy atom. The van der Waals surface area contributed by atoms with Crippen molar-refractivity contribution in [2.24, 2.45) is 0 Å². The summed E-state index contributed by atoms with van der Waals surface area (Å²) in [5.74, 6) is -0.309. The van der Waals surface area contributed by atoms with Crippen molar-refractivity contribution in [1.29, 1.82) is 0 Å². The number of carbonyl (C=O) groups excluding carboxylic acids is 2. The predicted octanol–water partition coefficient (Wildman–Crippen LogP) is 9.05. The van der Waals surface area contributed by atoms with Gasteiger partial charge in [-0.2, -0.15) is 9.97 Å². The molecular weight excluding hydrogens is 780 g/mol. The van der Waals surface area contributed by atoms with E-state index in [1.165, 1.54) is 16.7 Å². The third-order valence-corrected chi connectivity index (χ3v) is 8.57. The fourth-order valence-electron chi connectivity index (χ4n) is 4.87. The minimum Gasteiger partial charge on any atom is -0.388 e. The highest BCUT2D eigenvalue weighted by molar-refractivity contribution is 9.11. The number of carbonyl (C=O) groups is 2. The number of hydrogen-bond donors (Lipinski definition) is 0. The van der Waals surface area contributed by atoms with Crippen LogP contribution in [0.1, 0.15) is 18.1 Å². The molecule has 0 radical (unpaired) electrons. The van der Waals surface area contributed by atoms with E-state index in [4.69, 9.17) is 9.72 Å². The number of rotatable bonds is 8. The minimum atomic E-state index is -0.706. The Labute approximate surface area is 290 Å². The molecular formula is C34H25Br3N6O3. The summed E-state index contributed by atoms with van der Waals surface area (Å²) in [6.45, 7) is 2.03. The van der Waals surface area contributed by atoms with Gasteiger partial charge in [0.15, 0.2) is 15.9 Å². The summed E-state index contributed by atoms with van der Waals surface area (Å²) in [5, 5.41) is 0. The summed E-state index contributed by atoms with van der Waals surface area (Å²) in [6.07, 6.45) is -0.706. The van der Waals surface area contributed by atoms with Gasteiger partial charge < -0.3 is 4.74 Å². The van der Waals surface area contributed by atoms with Crippen LogP contribution in [0.15, 0.2) is 123 Å². The highest BCUT2D eigenvalue weighted by Crippen LogP contribution is 2.32. The van der Waals surface area contributed by atoms with Crippen molar-refractivity contribution in [3.05, 3.63) is 134 Å². The van der Waals surface area contributed by atoms with Crippen LogP contribution < -0.4 is 14.5 Å². The predicted molar refractivity (Wildman–Crippen MR) is 188 cm³/mol. The molecule has 0 N–H and O–H groups in total. The number of aromatic nitrogens is 4. The Hall–Kier alpha value is -4.39. The number of ether oxygens (including phenoxy) is 1. The van der Waals surface area contributed by atoms with Crippen LogP contribution in [0.25, 0.3) is 11.2 Å². The number of nitrogens with zero attached hydrogens (tertiary/aromatic N) is 6. The first-order chi connectivity index (χ1) is 22.3. The summed E-state index contributed by atoms with van der Waals surface area (Å²) in [4.78, 5) is 44.1. The molecule has 4 aromatic carbocycles. The molecule has 46 heavy (non-hydrogen) atoms. The van der Waals surface area contributed by atoms with Gasteiger partial charge >= 0.3 is 6.09 Å². The first-order valence-corrected chi connectivity index (χ1v) is 16.5. The van der Waals surface area contributed by atoms with E-state index >= 15 is 0 Å². The molecule has 0 spiro atoms. The zero-order valence-corrected chi connectivity index (χ0v) is 29.1. The summed E-state index contributed by atoms with van der Waals surface area (Å²) in [6, 6.07) is 33.8. The van der Waals surface area contributed by atoms with Gasteiger partial charge in [0.1, 0.15) is 0 Å². The standard InChI is InChI=1S/C34H25Br3N6O3/c1-22(44)41(20-23-10-8-12-25(35)18-23)33-39-30-29(38-32(37)42(30)21-24-11-9-13-26(36)19-24)31(40-33)46-34(45)43(27-14-4-2-5-15-27)28-16-6-3-7-17-28/h2-19H,20-21H2,1H3. The Bertz CT molecular complexity index is 2000. The van der Waals surface area contributed by atoms with Crippen LogP contribution in [0.2, 0.25) is 0 Å². The fourth-order valence-corrected chi connectivity index (χ4v) is 6.24. The van der Waals surface area contributed by atoms with Crippen LogP contribution >= 0.6 is 47.8 Å². The number of halogens is 3. The molecule has 12 heteroatoms. The molecule has 6 aromatic rings. The fraction of sp³-hybridized carbons (Fsp3) is 0.0882. The molecule has 2 heterocycles. The van der Waals surface area contributed by atoms with Crippen molar-refractivity contribution >= 4 is 88.3 Å². The van der Waals surface area contributed by atoms with Gasteiger partial charge in [-0.3, -0.25) is 14.3 Å². The smallest absolute Gasteiger partial charge is 0.388 e. The van der Waals surface area contributed by atoms with Crippen LogP contribution in [-0.2, 0) is 17.9 Å². The van der Waals surface area contributed by atoms with E-state index in [2.05, 4.69) is 57.8 Å². The molecule has 0 aliphatic carbocycles. The van der Waals surface area contributed by atoms with E-state index in [9.17, 15) is 9.59 Å². The number of fused-ring (bicyclic) bond motifs is 1. The van der Waals surface area contributed by atoms with E-state index in [0.29, 0.717) is 28.3 Å². The van der Waals surface area contributed by atoms with E-state index in [1.54, 1.807) is 0 Å². The number of anilines is 3. The van der Waals surface area contributed by atoms with Gasteiger partial charge in [-0.15, -0.1) is 0 Å². The van der Waals surface area contributed by atoms with Gasteiger partial charge in [0.05, 0.1) is 24.5 Å². The maximum Gasteiger partial charge on any atom is 0.425 e. The quantitative estimate of drug-likeness (QED) is 0.143. The second kappa shape index (κ2) is 13.9. The second-order valence-corrected chi connectivity index (χ2v) is 12.7. The molecule has 2 amide bonds. The molecule has 0 aliphatic heterocycles. The number of amides is 2. The van der Waals surface area contributed by atoms with Crippen LogP contribution in [0.4, 0.5) is 22.1 Å². The first-order valence-electron chi connectivity index (χ1n) is 14.1. The normalized spacial score (nSPS) is 11.0. The van der Waals surface area contributed by atoms with Crippen molar-refractivity contribution in [2.75, 3.05) is 9.80 Å². The third-order valence-electron chi connectivity index (χ3n) is 6.98. The van der Waals surface area contributed by atoms with Crippen LogP contribution in [0.5, 0.6) is 5.88 Å². The molecule has 0 saturated heterocycles. The summed E-state index contributed by atoms with van der Waals surface area (Å²) >= 11 is 10.6. The minimum absolute atomic E-state index is 0.0663. The number of hydrogen-bond acceptors (Lipinski definition) is 6.